The van der Waals surface area contributed by atoms with Crippen LogP contribution in [0.3, 0.4) is 0 Å². The Morgan fingerprint density at radius 1 is 1.42 bits per heavy atom. The molecule has 0 aliphatic carbocycles. The van der Waals surface area contributed by atoms with E-state index in [4.69, 9.17) is 11.6 Å². The van der Waals surface area contributed by atoms with Gasteiger partial charge in [0.25, 0.3) is 0 Å². The maximum Gasteiger partial charge on any atom is 0.511 e. The zero-order chi connectivity index (χ0) is 9.35. The van der Waals surface area contributed by atoms with Crippen LogP contribution in [0.15, 0.2) is 12.3 Å². The zero-order valence-electron chi connectivity index (χ0n) is 6.19. The van der Waals surface area contributed by atoms with Crippen molar-refractivity contribution in [2.24, 2.45) is 0 Å². The average Bonchev–Trinajstić information content (AvgIpc) is 1.92. The number of rotatable bonds is 1. The van der Waals surface area contributed by atoms with E-state index in [0.29, 0.717) is 0 Å². The van der Waals surface area contributed by atoms with Gasteiger partial charge in [0.2, 0.25) is 0 Å². The highest BCUT2D eigenvalue weighted by molar-refractivity contribution is 6.76. The molecule has 0 aliphatic heterocycles. The van der Waals surface area contributed by atoms with Crippen LogP contribution >= 0.6 is 11.6 Å². The molecule has 6 heteroatoms. The molecule has 0 saturated heterocycles. The average molecular weight is 194 g/mol. The number of halogens is 4. The summed E-state index contributed by atoms with van der Waals surface area (Å²) >= 11 is 5.41. The molecule has 0 spiro atoms. The molecule has 12 heavy (non-hydrogen) atoms. The minimum atomic E-state index is -5.02. The van der Waals surface area contributed by atoms with Crippen LogP contribution in [0.5, 0.6) is 0 Å². The molecule has 1 nitrogen and oxygen atoms in total. The third-order valence-corrected chi connectivity index (χ3v) is 1.94. The van der Waals surface area contributed by atoms with Crippen molar-refractivity contribution in [3.63, 3.8) is 0 Å². The van der Waals surface area contributed by atoms with Crippen LogP contribution in [0.4, 0.5) is 12.9 Å². The van der Waals surface area contributed by atoms with E-state index in [2.05, 4.69) is 4.98 Å². The second kappa shape index (κ2) is 2.97. The summed E-state index contributed by atoms with van der Waals surface area (Å²) in [5.74, 6) is 0. The molecule has 1 heterocycles. The maximum atomic E-state index is 12.2. The van der Waals surface area contributed by atoms with Crippen molar-refractivity contribution >= 4 is 24.0 Å². The van der Waals surface area contributed by atoms with Crippen molar-refractivity contribution in [2.45, 2.75) is 6.92 Å². The smallest absolute Gasteiger partial charge is 0.445 e. The molecule has 0 bridgehead atoms. The van der Waals surface area contributed by atoms with Gasteiger partial charge in [-0.3, -0.25) is 4.98 Å². The van der Waals surface area contributed by atoms with Gasteiger partial charge >= 0.3 is 6.98 Å². The summed E-state index contributed by atoms with van der Waals surface area (Å²) in [6.07, 6.45) is 1.10. The van der Waals surface area contributed by atoms with E-state index in [9.17, 15) is 12.9 Å². The van der Waals surface area contributed by atoms with E-state index in [-0.39, 0.29) is 10.7 Å². The monoisotopic (exact) mass is 194 g/mol. The molecule has 0 fully saturated rings. The van der Waals surface area contributed by atoms with Gasteiger partial charge in [0.1, 0.15) is 0 Å². The summed E-state index contributed by atoms with van der Waals surface area (Å²) in [5, 5.41) is -0.301. The fourth-order valence-corrected chi connectivity index (χ4v) is 1.06. The molecule has 0 atom stereocenters. The summed E-state index contributed by atoms with van der Waals surface area (Å²) in [4.78, 5) is 3.63. The van der Waals surface area contributed by atoms with E-state index in [1.807, 2.05) is 0 Å². The molecule has 0 aliphatic rings. The number of nitrogens with zero attached hydrogens (tertiary/aromatic N) is 1. The lowest BCUT2D eigenvalue weighted by Crippen LogP contribution is -2.35. The first-order valence-corrected chi connectivity index (χ1v) is 3.61. The Morgan fingerprint density at radius 3 is 2.42 bits per heavy atom. The number of pyridine rings is 1. The third-order valence-electron chi connectivity index (χ3n) is 1.45. The van der Waals surface area contributed by atoms with Gasteiger partial charge in [0.15, 0.2) is 0 Å². The van der Waals surface area contributed by atoms with Gasteiger partial charge in [-0.15, -0.1) is 0 Å². The van der Waals surface area contributed by atoms with Crippen LogP contribution in [0, 0.1) is 6.92 Å². The van der Waals surface area contributed by atoms with Gasteiger partial charge < -0.3 is 12.9 Å². The highest BCUT2D eigenvalue weighted by Gasteiger charge is 2.28. The number of hydrogen-bond acceptors (Lipinski definition) is 1. The van der Waals surface area contributed by atoms with Crippen molar-refractivity contribution in [1.82, 2.24) is 4.98 Å². The Bertz CT molecular complexity index is 299. The first kappa shape index (κ1) is 9.38. The standard InChI is InChI=1S/C6H5BClF3N/c1-4-6(8)5(2-3-12-4)7(9,10)11/h2-3H,1H3/q-1. The maximum absolute atomic E-state index is 12.2. The van der Waals surface area contributed by atoms with E-state index in [1.54, 1.807) is 0 Å². The van der Waals surface area contributed by atoms with Crippen LogP contribution in [0.2, 0.25) is 5.02 Å². The highest BCUT2D eigenvalue weighted by Crippen LogP contribution is 2.17. The normalized spacial score (nSPS) is 11.8. The first-order valence-electron chi connectivity index (χ1n) is 3.24. The summed E-state index contributed by atoms with van der Waals surface area (Å²) in [6.45, 7) is -3.58. The van der Waals surface area contributed by atoms with Crippen molar-refractivity contribution in [1.29, 1.82) is 0 Å². The van der Waals surface area contributed by atoms with Gasteiger partial charge in [0.05, 0.1) is 5.69 Å². The van der Waals surface area contributed by atoms with E-state index in [0.717, 1.165) is 12.3 Å². The minimum Gasteiger partial charge on any atom is -0.445 e. The highest BCUT2D eigenvalue weighted by atomic mass is 35.5. The summed E-state index contributed by atoms with van der Waals surface area (Å²) in [6, 6.07) is 0.884. The fraction of sp³-hybridized carbons (Fsp3) is 0.167. The quantitative estimate of drug-likeness (QED) is 0.624. The molecular weight excluding hydrogens is 189 g/mol. The number of hydrogen-bond donors (Lipinski definition) is 0. The molecule has 66 valence electrons. The molecule has 0 N–H and O–H groups in total. The molecule has 1 aromatic heterocycles. The zero-order valence-corrected chi connectivity index (χ0v) is 6.95. The van der Waals surface area contributed by atoms with Crippen molar-refractivity contribution in [3.05, 3.63) is 23.0 Å². The van der Waals surface area contributed by atoms with Gasteiger partial charge in [-0.25, -0.2) is 0 Å². The Hall–Kier alpha value is -0.705. The molecule has 0 radical (unpaired) electrons. The van der Waals surface area contributed by atoms with Crippen LogP contribution in [-0.4, -0.2) is 12.0 Å². The minimum absolute atomic E-state index is 0.202. The Morgan fingerprint density at radius 2 is 2.00 bits per heavy atom. The molecule has 0 amide bonds. The van der Waals surface area contributed by atoms with E-state index >= 15 is 0 Å². The largest absolute Gasteiger partial charge is 0.511 e. The third kappa shape index (κ3) is 1.72. The second-order valence-corrected chi connectivity index (χ2v) is 2.75. The van der Waals surface area contributed by atoms with Crippen LogP contribution in [0.1, 0.15) is 5.69 Å². The summed E-state index contributed by atoms with van der Waals surface area (Å²) in [5.41, 5.74) is -0.572. The predicted molar refractivity (Wildman–Crippen MR) is 42.7 cm³/mol. The molecule has 1 aromatic rings. The lowest BCUT2D eigenvalue weighted by Gasteiger charge is -2.16. The number of aryl methyl sites for hydroxylation is 1. The van der Waals surface area contributed by atoms with E-state index < -0.39 is 12.4 Å². The van der Waals surface area contributed by atoms with Gasteiger partial charge in [0, 0.05) is 11.2 Å². The first-order chi connectivity index (χ1) is 5.43. The van der Waals surface area contributed by atoms with Crippen molar-refractivity contribution < 1.29 is 12.9 Å². The fourth-order valence-electron chi connectivity index (χ4n) is 0.821. The van der Waals surface area contributed by atoms with Crippen molar-refractivity contribution in [2.75, 3.05) is 0 Å². The van der Waals surface area contributed by atoms with Gasteiger partial charge in [-0.1, -0.05) is 23.1 Å². The molecule has 0 unspecified atom stereocenters. The Balaban J connectivity index is 3.26. The molecule has 1 rings (SSSR count). The molecule has 0 saturated carbocycles. The Labute approximate surface area is 72.6 Å². The number of aromatic nitrogens is 1. The van der Waals surface area contributed by atoms with E-state index in [1.165, 1.54) is 6.92 Å². The second-order valence-electron chi connectivity index (χ2n) is 2.37. The topological polar surface area (TPSA) is 12.9 Å². The van der Waals surface area contributed by atoms with Crippen LogP contribution in [-0.2, 0) is 0 Å². The lowest BCUT2D eigenvalue weighted by molar-refractivity contribution is 0.501. The SMILES string of the molecule is Cc1nccc([B-](F)(F)F)c1Cl. The van der Waals surface area contributed by atoms with Crippen LogP contribution in [0.25, 0.3) is 0 Å². The lowest BCUT2D eigenvalue weighted by atomic mass is 9.80. The summed E-state index contributed by atoms with van der Waals surface area (Å²) < 4.78 is 36.5. The van der Waals surface area contributed by atoms with Gasteiger partial charge in [-0.2, -0.15) is 0 Å². The van der Waals surface area contributed by atoms with Gasteiger partial charge in [-0.05, 0) is 6.92 Å². The summed E-state index contributed by atoms with van der Waals surface area (Å²) in [7, 11) is 0. The Kier molecular flexibility index (Phi) is 2.33. The van der Waals surface area contributed by atoms with Crippen LogP contribution < -0.4 is 5.46 Å². The molecular formula is C6H5BClF3N-. The predicted octanol–water partition coefficient (Wildman–Crippen LogP) is 2.10. The molecule has 0 aromatic carbocycles. The van der Waals surface area contributed by atoms with Crippen molar-refractivity contribution in [3.8, 4) is 0 Å².